The number of benzene rings is 3. The van der Waals surface area contributed by atoms with Gasteiger partial charge in [0, 0.05) is 26.3 Å². The molecule has 28 heavy (non-hydrogen) atoms. The predicted molar refractivity (Wildman–Crippen MR) is 114 cm³/mol. The highest BCUT2D eigenvalue weighted by atomic mass is 79.9. The molecule has 2 amide bonds. The Morgan fingerprint density at radius 1 is 1.04 bits per heavy atom. The molecule has 0 aliphatic carbocycles. The summed E-state index contributed by atoms with van der Waals surface area (Å²) in [5, 5.41) is 3.44. The van der Waals surface area contributed by atoms with E-state index >= 15 is 0 Å². The van der Waals surface area contributed by atoms with Crippen LogP contribution in [0.25, 0.3) is 0 Å². The van der Waals surface area contributed by atoms with Crippen LogP contribution >= 0.6 is 27.5 Å². The topological polar surface area (TPSA) is 49.4 Å². The predicted octanol–water partition coefficient (Wildman–Crippen LogP) is 5.29. The Morgan fingerprint density at radius 3 is 2.57 bits per heavy atom. The Morgan fingerprint density at radius 2 is 1.82 bits per heavy atom. The third-order valence-electron chi connectivity index (χ3n) is 4.66. The van der Waals surface area contributed by atoms with Gasteiger partial charge in [0.05, 0.1) is 6.04 Å². The van der Waals surface area contributed by atoms with Crippen molar-refractivity contribution < 1.29 is 9.59 Å². The number of halogens is 2. The SMILES string of the molecule is O=C1CN(C(=O)c2cccc(Br)c2)[C@H](c2ccccc2)c2cc(Cl)ccc2N1. The Bertz CT molecular complexity index is 1060. The van der Waals surface area contributed by atoms with E-state index in [1.807, 2.05) is 36.4 Å². The molecule has 140 valence electrons. The molecule has 0 saturated carbocycles. The summed E-state index contributed by atoms with van der Waals surface area (Å²) in [7, 11) is 0. The fourth-order valence-corrected chi connectivity index (χ4v) is 4.03. The minimum Gasteiger partial charge on any atom is -0.324 e. The molecule has 1 N–H and O–H groups in total. The van der Waals surface area contributed by atoms with Gasteiger partial charge < -0.3 is 10.2 Å². The zero-order valence-electron chi connectivity index (χ0n) is 14.7. The summed E-state index contributed by atoms with van der Waals surface area (Å²) >= 11 is 9.67. The molecule has 0 unspecified atom stereocenters. The molecule has 3 aromatic rings. The van der Waals surface area contributed by atoms with Crippen molar-refractivity contribution in [3.05, 3.63) is 99.0 Å². The summed E-state index contributed by atoms with van der Waals surface area (Å²) in [6.07, 6.45) is 0. The smallest absolute Gasteiger partial charge is 0.255 e. The molecule has 0 spiro atoms. The first kappa shape index (κ1) is 18.7. The first-order valence-electron chi connectivity index (χ1n) is 8.74. The largest absolute Gasteiger partial charge is 0.324 e. The van der Waals surface area contributed by atoms with Gasteiger partial charge in [0.15, 0.2) is 0 Å². The van der Waals surface area contributed by atoms with Gasteiger partial charge >= 0.3 is 0 Å². The summed E-state index contributed by atoms with van der Waals surface area (Å²) < 4.78 is 0.803. The fraction of sp³-hybridized carbons (Fsp3) is 0.0909. The van der Waals surface area contributed by atoms with Gasteiger partial charge in [0.2, 0.25) is 5.91 Å². The number of nitrogens with one attached hydrogen (secondary N) is 1. The number of fused-ring (bicyclic) bond motifs is 1. The average Bonchev–Trinajstić information content (AvgIpc) is 2.83. The van der Waals surface area contributed by atoms with E-state index in [1.54, 1.807) is 41.3 Å². The van der Waals surface area contributed by atoms with Gasteiger partial charge in [-0.05, 0) is 42.0 Å². The van der Waals surface area contributed by atoms with E-state index in [0.717, 1.165) is 15.6 Å². The molecule has 4 nitrogen and oxygen atoms in total. The number of carbonyl (C=O) groups excluding carboxylic acids is 2. The molecule has 3 aromatic carbocycles. The number of hydrogen-bond acceptors (Lipinski definition) is 2. The minimum absolute atomic E-state index is 0.0583. The second-order valence-corrected chi connectivity index (χ2v) is 7.89. The Labute approximate surface area is 176 Å². The highest BCUT2D eigenvalue weighted by molar-refractivity contribution is 9.10. The molecule has 0 aromatic heterocycles. The van der Waals surface area contributed by atoms with Crippen molar-refractivity contribution in [3.63, 3.8) is 0 Å². The third-order valence-corrected chi connectivity index (χ3v) is 5.38. The van der Waals surface area contributed by atoms with Gasteiger partial charge in [0.25, 0.3) is 5.91 Å². The van der Waals surface area contributed by atoms with Crippen molar-refractivity contribution in [3.8, 4) is 0 Å². The van der Waals surface area contributed by atoms with E-state index in [4.69, 9.17) is 11.6 Å². The van der Waals surface area contributed by atoms with E-state index in [1.165, 1.54) is 0 Å². The first-order chi connectivity index (χ1) is 13.5. The molecule has 0 bridgehead atoms. The van der Waals surface area contributed by atoms with Crippen molar-refractivity contribution in [2.75, 3.05) is 11.9 Å². The van der Waals surface area contributed by atoms with Crippen LogP contribution < -0.4 is 5.32 Å². The highest BCUT2D eigenvalue weighted by Crippen LogP contribution is 2.38. The van der Waals surface area contributed by atoms with Crippen LogP contribution in [0.1, 0.15) is 27.5 Å². The van der Waals surface area contributed by atoms with Crippen molar-refractivity contribution in [1.29, 1.82) is 0 Å². The summed E-state index contributed by atoms with van der Waals surface area (Å²) in [6, 6.07) is 21.7. The lowest BCUT2D eigenvalue weighted by molar-refractivity contribution is -0.117. The molecule has 1 aliphatic heterocycles. The molecule has 6 heteroatoms. The Hall–Kier alpha value is -2.63. The van der Waals surface area contributed by atoms with Gasteiger partial charge in [-0.25, -0.2) is 0 Å². The van der Waals surface area contributed by atoms with Crippen LogP contribution in [0.15, 0.2) is 77.3 Å². The fourth-order valence-electron chi connectivity index (χ4n) is 3.45. The lowest BCUT2D eigenvalue weighted by Gasteiger charge is -2.30. The van der Waals surface area contributed by atoms with Crippen LogP contribution in [0.2, 0.25) is 5.02 Å². The molecule has 0 radical (unpaired) electrons. The molecule has 0 fully saturated rings. The Balaban J connectivity index is 1.89. The van der Waals surface area contributed by atoms with E-state index in [-0.39, 0.29) is 18.4 Å². The standard InChI is InChI=1S/C22H16BrClN2O2/c23-16-8-4-7-15(11-16)22(28)26-13-20(27)25-19-10-9-17(24)12-18(19)21(26)14-5-2-1-3-6-14/h1-12,21H,13H2,(H,25,27)/t21-/m1/s1. The molecular formula is C22H16BrClN2O2. The zero-order chi connectivity index (χ0) is 19.7. The molecule has 1 aliphatic rings. The first-order valence-corrected chi connectivity index (χ1v) is 9.91. The quantitative estimate of drug-likeness (QED) is 0.571. The maximum absolute atomic E-state index is 13.4. The molecule has 4 rings (SSSR count). The van der Waals surface area contributed by atoms with Crippen molar-refractivity contribution in [2.24, 2.45) is 0 Å². The van der Waals surface area contributed by atoms with Crippen LogP contribution in [-0.2, 0) is 4.79 Å². The van der Waals surface area contributed by atoms with E-state index in [9.17, 15) is 9.59 Å². The van der Waals surface area contributed by atoms with Gasteiger partial charge in [0.1, 0.15) is 6.54 Å². The molecule has 0 saturated heterocycles. The van der Waals surface area contributed by atoms with Gasteiger partial charge in [-0.3, -0.25) is 9.59 Å². The number of hydrogen-bond donors (Lipinski definition) is 1. The number of carbonyl (C=O) groups is 2. The minimum atomic E-state index is -0.444. The number of nitrogens with zero attached hydrogens (tertiary/aromatic N) is 1. The Kier molecular flexibility index (Phi) is 5.20. The lowest BCUT2D eigenvalue weighted by atomic mass is 9.95. The monoisotopic (exact) mass is 454 g/mol. The summed E-state index contributed by atoms with van der Waals surface area (Å²) in [6.45, 7) is -0.0583. The molecule has 1 heterocycles. The molecule has 1 atom stereocenters. The van der Waals surface area contributed by atoms with Crippen molar-refractivity contribution in [2.45, 2.75) is 6.04 Å². The van der Waals surface area contributed by atoms with Crippen LogP contribution in [-0.4, -0.2) is 23.3 Å². The van der Waals surface area contributed by atoms with Crippen molar-refractivity contribution in [1.82, 2.24) is 4.90 Å². The number of amides is 2. The van der Waals surface area contributed by atoms with Gasteiger partial charge in [-0.2, -0.15) is 0 Å². The summed E-state index contributed by atoms with van der Waals surface area (Å²) in [5.41, 5.74) is 2.86. The second kappa shape index (κ2) is 7.78. The van der Waals surface area contributed by atoms with Crippen LogP contribution in [0.5, 0.6) is 0 Å². The van der Waals surface area contributed by atoms with Crippen LogP contribution in [0, 0.1) is 0 Å². The van der Waals surface area contributed by atoms with Gasteiger partial charge in [-0.1, -0.05) is 63.9 Å². The number of rotatable bonds is 2. The van der Waals surface area contributed by atoms with Crippen LogP contribution in [0.3, 0.4) is 0 Å². The average molecular weight is 456 g/mol. The van der Waals surface area contributed by atoms with Crippen molar-refractivity contribution >= 4 is 45.0 Å². The zero-order valence-corrected chi connectivity index (χ0v) is 17.1. The summed E-state index contributed by atoms with van der Waals surface area (Å²) in [4.78, 5) is 27.6. The van der Waals surface area contributed by atoms with Gasteiger partial charge in [-0.15, -0.1) is 0 Å². The third kappa shape index (κ3) is 3.68. The molecular weight excluding hydrogens is 440 g/mol. The maximum Gasteiger partial charge on any atom is 0.255 e. The second-order valence-electron chi connectivity index (χ2n) is 6.54. The number of anilines is 1. The van der Waals surface area contributed by atoms with E-state index in [0.29, 0.717) is 16.3 Å². The van der Waals surface area contributed by atoms with E-state index < -0.39 is 6.04 Å². The van der Waals surface area contributed by atoms with E-state index in [2.05, 4.69) is 21.2 Å². The maximum atomic E-state index is 13.4. The lowest BCUT2D eigenvalue weighted by Crippen LogP contribution is -2.39. The summed E-state index contributed by atoms with van der Waals surface area (Å²) in [5.74, 6) is -0.469. The highest BCUT2D eigenvalue weighted by Gasteiger charge is 2.34. The van der Waals surface area contributed by atoms with Crippen LogP contribution in [0.4, 0.5) is 5.69 Å². The normalized spacial score (nSPS) is 16.1.